The van der Waals surface area contributed by atoms with Gasteiger partial charge in [-0.1, -0.05) is 68.7 Å². The van der Waals surface area contributed by atoms with Gasteiger partial charge in [0.05, 0.1) is 16.5 Å². The number of carbonyl (C=O) groups is 2. The van der Waals surface area contributed by atoms with Gasteiger partial charge in [0.2, 0.25) is 15.9 Å². The fraction of sp³-hybridized carbons (Fsp3) is 0.387. The van der Waals surface area contributed by atoms with Crippen LogP contribution in [0.1, 0.15) is 43.7 Å². The first-order valence-electron chi connectivity index (χ1n) is 14.1. The van der Waals surface area contributed by atoms with Crippen molar-refractivity contribution in [3.8, 4) is 6.07 Å². The number of nitrogens with one attached hydrogen (secondary N) is 2. The van der Waals surface area contributed by atoms with Crippen LogP contribution in [0.5, 0.6) is 0 Å². The number of rotatable bonds is 11. The molecule has 0 bridgehead atoms. The van der Waals surface area contributed by atoms with E-state index in [1.807, 2.05) is 24.3 Å². The minimum Gasteiger partial charge on any atom is -0.338 e. The fourth-order valence-electron chi connectivity index (χ4n) is 4.98. The molecular weight excluding hydrogens is 538 g/mol. The number of carbonyl (C=O) groups excluding carboxylic acids is 2. The summed E-state index contributed by atoms with van der Waals surface area (Å²) in [5, 5.41) is 14.0. The normalized spacial score (nSPS) is 14.4. The lowest BCUT2D eigenvalue weighted by atomic mass is 10.0. The summed E-state index contributed by atoms with van der Waals surface area (Å²) in [6.45, 7) is 4.09. The van der Waals surface area contributed by atoms with Crippen LogP contribution in [0.25, 0.3) is 10.8 Å². The number of hydrogen-bond donors (Lipinski definition) is 2. The van der Waals surface area contributed by atoms with Gasteiger partial charge in [-0.3, -0.25) is 4.79 Å². The summed E-state index contributed by atoms with van der Waals surface area (Å²) in [6, 6.07) is 20.0. The van der Waals surface area contributed by atoms with Crippen molar-refractivity contribution in [3.05, 3.63) is 77.9 Å². The molecule has 0 aliphatic carbocycles. The monoisotopic (exact) mass is 575 g/mol. The van der Waals surface area contributed by atoms with Crippen LogP contribution in [-0.4, -0.2) is 68.9 Å². The highest BCUT2D eigenvalue weighted by Gasteiger charge is 2.32. The molecule has 1 fully saturated rings. The fourth-order valence-corrected chi connectivity index (χ4v) is 6.21. The maximum Gasteiger partial charge on any atom is 0.317 e. The van der Waals surface area contributed by atoms with Crippen LogP contribution >= 0.6 is 0 Å². The van der Waals surface area contributed by atoms with E-state index in [0.29, 0.717) is 43.9 Å². The van der Waals surface area contributed by atoms with Gasteiger partial charge in [0.15, 0.2) is 0 Å². The number of urea groups is 1. The van der Waals surface area contributed by atoms with Gasteiger partial charge in [-0.25, -0.2) is 13.2 Å². The molecule has 3 aromatic rings. The smallest absolute Gasteiger partial charge is 0.317 e. The highest BCUT2D eigenvalue weighted by molar-refractivity contribution is 7.89. The van der Waals surface area contributed by atoms with E-state index in [-0.39, 0.29) is 23.3 Å². The number of nitriles is 1. The number of fused-ring (bicyclic) bond motifs is 1. The van der Waals surface area contributed by atoms with Crippen molar-refractivity contribution in [3.63, 3.8) is 0 Å². The van der Waals surface area contributed by atoms with Crippen molar-refractivity contribution in [2.24, 2.45) is 0 Å². The van der Waals surface area contributed by atoms with Crippen LogP contribution in [0.15, 0.2) is 71.6 Å². The van der Waals surface area contributed by atoms with Gasteiger partial charge in [0.1, 0.15) is 6.04 Å². The van der Waals surface area contributed by atoms with Gasteiger partial charge in [0.25, 0.3) is 0 Å². The molecule has 3 amide bonds. The SMILES string of the molecule is CCCCCCNC(=O)N1CCN(C(=O)[C@H](Cc2cccc(C#N)c2)NS(=O)(=O)c2ccc3ccccc3c2)CC1. The molecule has 0 spiro atoms. The zero-order chi connectivity index (χ0) is 29.2. The minimum atomic E-state index is -4.05. The Morgan fingerprint density at radius 1 is 0.902 bits per heavy atom. The Kier molecular flexibility index (Phi) is 10.3. The summed E-state index contributed by atoms with van der Waals surface area (Å²) < 4.78 is 29.6. The van der Waals surface area contributed by atoms with Crippen molar-refractivity contribution in [2.75, 3.05) is 32.7 Å². The van der Waals surface area contributed by atoms with E-state index in [9.17, 15) is 23.3 Å². The molecule has 2 N–H and O–H groups in total. The molecule has 1 aliphatic heterocycles. The summed E-state index contributed by atoms with van der Waals surface area (Å²) in [5.74, 6) is -0.364. The van der Waals surface area contributed by atoms with Gasteiger partial charge in [-0.2, -0.15) is 9.98 Å². The van der Waals surface area contributed by atoms with Crippen LogP contribution in [0, 0.1) is 11.3 Å². The first-order chi connectivity index (χ1) is 19.8. The van der Waals surface area contributed by atoms with E-state index < -0.39 is 16.1 Å². The van der Waals surface area contributed by atoms with E-state index in [2.05, 4.69) is 23.0 Å². The molecule has 1 atom stereocenters. The van der Waals surface area contributed by atoms with E-state index >= 15 is 0 Å². The summed E-state index contributed by atoms with van der Waals surface area (Å²) >= 11 is 0. The molecule has 0 radical (unpaired) electrons. The molecule has 10 heteroatoms. The van der Waals surface area contributed by atoms with Crippen LogP contribution in [0.2, 0.25) is 0 Å². The van der Waals surface area contributed by atoms with Gasteiger partial charge in [-0.05, 0) is 53.4 Å². The van der Waals surface area contributed by atoms with Crippen molar-refractivity contribution >= 4 is 32.7 Å². The number of benzene rings is 3. The lowest BCUT2D eigenvalue weighted by Crippen LogP contribution is -2.57. The van der Waals surface area contributed by atoms with Crippen LogP contribution in [0.4, 0.5) is 4.79 Å². The predicted molar refractivity (Wildman–Crippen MR) is 159 cm³/mol. The zero-order valence-electron chi connectivity index (χ0n) is 23.4. The lowest BCUT2D eigenvalue weighted by Gasteiger charge is -2.36. The molecule has 4 rings (SSSR count). The van der Waals surface area contributed by atoms with Crippen molar-refractivity contribution in [1.29, 1.82) is 5.26 Å². The Balaban J connectivity index is 1.47. The molecule has 0 aromatic heterocycles. The summed E-state index contributed by atoms with van der Waals surface area (Å²) in [6.07, 6.45) is 4.37. The second kappa shape index (κ2) is 14.1. The lowest BCUT2D eigenvalue weighted by molar-refractivity contribution is -0.134. The second-order valence-corrected chi connectivity index (χ2v) is 12.0. The van der Waals surface area contributed by atoms with Gasteiger partial charge in [0, 0.05) is 32.7 Å². The van der Waals surface area contributed by atoms with E-state index in [4.69, 9.17) is 0 Å². The largest absolute Gasteiger partial charge is 0.338 e. The number of piperazine rings is 1. The van der Waals surface area contributed by atoms with Crippen LogP contribution in [-0.2, 0) is 21.2 Å². The van der Waals surface area contributed by atoms with Crippen molar-refractivity contribution in [1.82, 2.24) is 19.8 Å². The molecule has 1 aliphatic rings. The Bertz CT molecular complexity index is 1510. The average molecular weight is 576 g/mol. The maximum atomic E-state index is 13.7. The van der Waals surface area contributed by atoms with Gasteiger partial charge >= 0.3 is 6.03 Å². The van der Waals surface area contributed by atoms with E-state index in [1.54, 1.807) is 46.2 Å². The quantitative estimate of drug-likeness (QED) is 0.334. The van der Waals surface area contributed by atoms with Gasteiger partial charge < -0.3 is 15.1 Å². The summed E-state index contributed by atoms with van der Waals surface area (Å²) in [7, 11) is -4.05. The number of unbranched alkanes of at least 4 members (excludes halogenated alkanes) is 3. The Morgan fingerprint density at radius 3 is 2.37 bits per heavy atom. The highest BCUT2D eigenvalue weighted by Crippen LogP contribution is 2.20. The molecular formula is C31H37N5O4S. The van der Waals surface area contributed by atoms with Crippen LogP contribution in [0.3, 0.4) is 0 Å². The number of sulfonamides is 1. The summed E-state index contributed by atoms with van der Waals surface area (Å²) in [4.78, 5) is 29.7. The third kappa shape index (κ3) is 8.06. The first-order valence-corrected chi connectivity index (χ1v) is 15.6. The predicted octanol–water partition coefficient (Wildman–Crippen LogP) is 4.04. The average Bonchev–Trinajstić information content (AvgIpc) is 3.00. The zero-order valence-corrected chi connectivity index (χ0v) is 24.2. The third-order valence-corrected chi connectivity index (χ3v) is 8.78. The van der Waals surface area contributed by atoms with Crippen molar-refractivity contribution in [2.45, 2.75) is 50.0 Å². The van der Waals surface area contributed by atoms with E-state index in [1.165, 1.54) is 6.07 Å². The maximum absolute atomic E-state index is 13.7. The standard InChI is InChI=1S/C31H37N5O4S/c1-2-3-4-7-15-33-31(38)36-18-16-35(17-19-36)30(37)29(21-24-9-8-10-25(20-24)23-32)34-41(39,40)28-14-13-26-11-5-6-12-27(26)22-28/h5-6,8-14,20,22,29,34H,2-4,7,15-19,21H2,1H3,(H,33,38)/t29-/m0/s1. The number of amides is 3. The highest BCUT2D eigenvalue weighted by atomic mass is 32.2. The Hall–Kier alpha value is -3.94. The molecule has 0 saturated carbocycles. The Labute approximate surface area is 242 Å². The topological polar surface area (TPSA) is 123 Å². The molecule has 9 nitrogen and oxygen atoms in total. The third-order valence-electron chi connectivity index (χ3n) is 7.31. The van der Waals surface area contributed by atoms with Gasteiger partial charge in [-0.15, -0.1) is 0 Å². The molecule has 216 valence electrons. The van der Waals surface area contributed by atoms with Crippen LogP contribution < -0.4 is 10.0 Å². The molecule has 41 heavy (non-hydrogen) atoms. The molecule has 3 aromatic carbocycles. The van der Waals surface area contributed by atoms with Crippen molar-refractivity contribution < 1.29 is 18.0 Å². The minimum absolute atomic E-state index is 0.0696. The first kappa shape index (κ1) is 30.0. The molecule has 1 heterocycles. The number of nitrogens with zero attached hydrogens (tertiary/aromatic N) is 3. The van der Waals surface area contributed by atoms with E-state index in [0.717, 1.165) is 36.5 Å². The number of hydrogen-bond acceptors (Lipinski definition) is 5. The summed E-state index contributed by atoms with van der Waals surface area (Å²) in [5.41, 5.74) is 1.10. The molecule has 0 unspecified atom stereocenters. The Morgan fingerprint density at radius 2 is 1.63 bits per heavy atom. The molecule has 1 saturated heterocycles. The second-order valence-electron chi connectivity index (χ2n) is 10.3.